The molecule has 0 aromatic carbocycles. The molecule has 3 aliphatic heterocycles. The van der Waals surface area contributed by atoms with Crippen molar-refractivity contribution in [2.75, 3.05) is 32.8 Å². The molecule has 0 aliphatic carbocycles. The molecule has 8 heteroatoms. The first-order chi connectivity index (χ1) is 19.1. The lowest BCUT2D eigenvalue weighted by Crippen LogP contribution is -2.58. The molecular weight excluding hydrogens is 506 g/mol. The lowest BCUT2D eigenvalue weighted by Gasteiger charge is -2.39. The molecule has 226 valence electrons. The average molecular weight is 560 g/mol. The fourth-order valence-corrected chi connectivity index (χ4v) is 7.65. The number of nitrogens with zero attached hydrogens (tertiary/aromatic N) is 3. The third-order valence-electron chi connectivity index (χ3n) is 9.62. The molecule has 3 saturated heterocycles. The van der Waals surface area contributed by atoms with Crippen LogP contribution in [-0.2, 0) is 19.1 Å². The summed E-state index contributed by atoms with van der Waals surface area (Å²) < 4.78 is 6.93. The topological polar surface area (TPSA) is 90.4 Å². The van der Waals surface area contributed by atoms with Gasteiger partial charge in [-0.1, -0.05) is 52.2 Å². The average Bonchev–Trinajstić information content (AvgIpc) is 3.43. The van der Waals surface area contributed by atoms with Crippen LogP contribution < -0.4 is 0 Å². The zero-order valence-corrected chi connectivity index (χ0v) is 25.6. The van der Waals surface area contributed by atoms with Crippen molar-refractivity contribution in [2.24, 2.45) is 17.8 Å². The van der Waals surface area contributed by atoms with Crippen LogP contribution in [0, 0.1) is 17.8 Å². The second-order valence-electron chi connectivity index (χ2n) is 12.4. The number of amides is 3. The van der Waals surface area contributed by atoms with Crippen LogP contribution >= 0.6 is 0 Å². The van der Waals surface area contributed by atoms with Gasteiger partial charge in [0.05, 0.1) is 17.4 Å². The van der Waals surface area contributed by atoms with Gasteiger partial charge in [-0.15, -0.1) is 13.2 Å². The number of hydrogen-bond acceptors (Lipinski definition) is 5. The van der Waals surface area contributed by atoms with Crippen molar-refractivity contribution in [1.82, 2.24) is 14.7 Å². The van der Waals surface area contributed by atoms with Crippen molar-refractivity contribution in [3.63, 3.8) is 0 Å². The van der Waals surface area contributed by atoms with Gasteiger partial charge in [0.1, 0.15) is 11.6 Å². The molecule has 3 rings (SSSR count). The van der Waals surface area contributed by atoms with E-state index in [1.54, 1.807) is 22.0 Å². The van der Waals surface area contributed by atoms with E-state index in [2.05, 4.69) is 33.9 Å². The molecule has 0 aromatic heterocycles. The quantitative estimate of drug-likeness (QED) is 0.213. The third kappa shape index (κ3) is 5.63. The van der Waals surface area contributed by atoms with Crippen LogP contribution in [0.15, 0.2) is 25.3 Å². The Morgan fingerprint density at radius 1 is 1.12 bits per heavy atom. The number of ether oxygens (including phenoxy) is 1. The van der Waals surface area contributed by atoms with Crippen LogP contribution in [0.5, 0.6) is 0 Å². The summed E-state index contributed by atoms with van der Waals surface area (Å²) in [5.74, 6) is -1.64. The van der Waals surface area contributed by atoms with Gasteiger partial charge in [-0.25, -0.2) is 0 Å². The summed E-state index contributed by atoms with van der Waals surface area (Å²) in [6.07, 6.45) is 9.80. The third-order valence-corrected chi connectivity index (χ3v) is 9.62. The van der Waals surface area contributed by atoms with Crippen LogP contribution in [-0.4, -0.2) is 93.6 Å². The molecule has 2 bridgehead atoms. The number of aliphatic hydroxyl groups is 1. The standard InChI is InChI=1S/C32H53N3O5/c1-8-16-24(6)34(19-11-4)30(39)27-32-22-23(5)31(7,40-32)25(28(37)33(17-9-2)18-10-3)26(32)29(38)35(27)20-14-12-13-15-21-36/h9,11,23-27,36H,2,4,8,10,12-22H2,1,3,5-7H3/t23?,24?,25-,26+,27?,31+,32?/m1/s1. The van der Waals surface area contributed by atoms with Gasteiger partial charge in [0, 0.05) is 38.8 Å². The van der Waals surface area contributed by atoms with Gasteiger partial charge in [-0.2, -0.15) is 0 Å². The molecular formula is C32H53N3O5. The highest BCUT2D eigenvalue weighted by Crippen LogP contribution is 2.65. The molecule has 3 amide bonds. The van der Waals surface area contributed by atoms with E-state index in [-0.39, 0.29) is 36.3 Å². The highest BCUT2D eigenvalue weighted by Gasteiger charge is 2.80. The molecule has 3 heterocycles. The van der Waals surface area contributed by atoms with E-state index >= 15 is 0 Å². The highest BCUT2D eigenvalue weighted by molar-refractivity contribution is 5.99. The van der Waals surface area contributed by atoms with Crippen molar-refractivity contribution in [3.8, 4) is 0 Å². The summed E-state index contributed by atoms with van der Waals surface area (Å²) >= 11 is 0. The summed E-state index contributed by atoms with van der Waals surface area (Å²) in [6.45, 7) is 20.0. The predicted octanol–water partition coefficient (Wildman–Crippen LogP) is 4.18. The molecule has 3 fully saturated rings. The number of aliphatic hydroxyl groups excluding tert-OH is 1. The van der Waals surface area contributed by atoms with Crippen molar-refractivity contribution in [2.45, 2.75) is 109 Å². The minimum absolute atomic E-state index is 0.0101. The maximum atomic E-state index is 14.6. The Labute approximate surface area is 241 Å². The zero-order chi connectivity index (χ0) is 29.7. The first-order valence-electron chi connectivity index (χ1n) is 15.5. The van der Waals surface area contributed by atoms with Gasteiger partial charge in [-0.05, 0) is 51.9 Å². The fourth-order valence-electron chi connectivity index (χ4n) is 7.65. The summed E-state index contributed by atoms with van der Waals surface area (Å²) in [5, 5.41) is 9.19. The SMILES string of the molecule is C=CCN(CCC)C(=O)[C@H]1[C@H]2C(=O)N(CCCCCCO)C(C(=O)N(CC=C)C(C)CCC)C23CC(C)[C@]1(C)O3. The molecule has 1 N–H and O–H groups in total. The minimum Gasteiger partial charge on any atom is -0.396 e. The summed E-state index contributed by atoms with van der Waals surface area (Å²) in [6, 6.07) is -0.785. The Balaban J connectivity index is 2.07. The normalized spacial score (nSPS) is 31.2. The Morgan fingerprint density at radius 2 is 1.80 bits per heavy atom. The second-order valence-corrected chi connectivity index (χ2v) is 12.4. The van der Waals surface area contributed by atoms with E-state index in [0.717, 1.165) is 44.9 Å². The number of rotatable bonds is 17. The zero-order valence-electron chi connectivity index (χ0n) is 25.6. The smallest absolute Gasteiger partial charge is 0.248 e. The molecule has 0 radical (unpaired) electrons. The minimum atomic E-state index is -1.04. The van der Waals surface area contributed by atoms with Gasteiger partial charge in [0.25, 0.3) is 0 Å². The van der Waals surface area contributed by atoms with Gasteiger partial charge >= 0.3 is 0 Å². The van der Waals surface area contributed by atoms with Crippen molar-refractivity contribution in [3.05, 3.63) is 25.3 Å². The van der Waals surface area contributed by atoms with Crippen LogP contribution in [0.4, 0.5) is 0 Å². The van der Waals surface area contributed by atoms with Crippen molar-refractivity contribution < 1.29 is 24.2 Å². The van der Waals surface area contributed by atoms with Gasteiger partial charge in [0.15, 0.2) is 0 Å². The highest BCUT2D eigenvalue weighted by atomic mass is 16.5. The number of carbonyl (C=O) groups excluding carboxylic acids is 3. The van der Waals surface area contributed by atoms with Crippen molar-refractivity contribution in [1.29, 1.82) is 0 Å². The Hall–Kier alpha value is -2.19. The number of carbonyl (C=O) groups is 3. The molecule has 4 unspecified atom stereocenters. The number of fused-ring (bicyclic) bond motifs is 1. The molecule has 0 saturated carbocycles. The van der Waals surface area contributed by atoms with Crippen molar-refractivity contribution >= 4 is 17.7 Å². The number of unbranched alkanes of at least 4 members (excludes halogenated alkanes) is 3. The van der Waals surface area contributed by atoms with E-state index in [9.17, 15) is 19.5 Å². The molecule has 0 aromatic rings. The van der Waals surface area contributed by atoms with Crippen LogP contribution in [0.2, 0.25) is 0 Å². The molecule has 3 aliphatic rings. The summed E-state index contributed by atoms with van der Waals surface area (Å²) in [7, 11) is 0. The first-order valence-corrected chi connectivity index (χ1v) is 15.5. The van der Waals surface area contributed by atoms with Crippen LogP contribution in [0.3, 0.4) is 0 Å². The maximum absolute atomic E-state index is 14.6. The lowest BCUT2D eigenvalue weighted by atomic mass is 9.62. The van der Waals surface area contributed by atoms with E-state index < -0.39 is 29.1 Å². The lowest BCUT2D eigenvalue weighted by molar-refractivity contribution is -0.155. The fraction of sp³-hybridized carbons (Fsp3) is 0.781. The van der Waals surface area contributed by atoms with Gasteiger partial charge in [0.2, 0.25) is 17.7 Å². The predicted molar refractivity (Wildman–Crippen MR) is 157 cm³/mol. The van der Waals surface area contributed by atoms with Gasteiger partial charge in [-0.3, -0.25) is 14.4 Å². The molecule has 40 heavy (non-hydrogen) atoms. The maximum Gasteiger partial charge on any atom is 0.248 e. The van der Waals surface area contributed by atoms with Crippen LogP contribution in [0.1, 0.15) is 86.0 Å². The molecule has 8 nitrogen and oxygen atoms in total. The van der Waals surface area contributed by atoms with E-state index in [1.807, 2.05) is 18.7 Å². The molecule has 7 atom stereocenters. The Kier molecular flexibility index (Phi) is 11.0. The van der Waals surface area contributed by atoms with E-state index in [4.69, 9.17) is 4.74 Å². The summed E-state index contributed by atoms with van der Waals surface area (Å²) in [4.78, 5) is 48.5. The number of likely N-dealkylation sites (tertiary alicyclic amines) is 1. The monoisotopic (exact) mass is 559 g/mol. The first kappa shape index (κ1) is 32.3. The Morgan fingerprint density at radius 3 is 2.40 bits per heavy atom. The van der Waals surface area contributed by atoms with E-state index in [1.165, 1.54) is 0 Å². The largest absolute Gasteiger partial charge is 0.396 e. The molecule has 1 spiro atoms. The van der Waals surface area contributed by atoms with E-state index in [0.29, 0.717) is 32.6 Å². The Bertz CT molecular complexity index is 940. The summed E-state index contributed by atoms with van der Waals surface area (Å²) in [5.41, 5.74) is -1.86. The second kappa shape index (κ2) is 13.6. The number of hydrogen-bond donors (Lipinski definition) is 1. The van der Waals surface area contributed by atoms with Gasteiger partial charge < -0.3 is 24.5 Å². The van der Waals surface area contributed by atoms with Crippen LogP contribution in [0.25, 0.3) is 0 Å².